The molecule has 2 N–H and O–H groups in total. The van der Waals surface area contributed by atoms with Crippen molar-refractivity contribution in [2.24, 2.45) is 11.8 Å². The fraction of sp³-hybridized carbons (Fsp3) is 0.769. The normalized spacial score (nSPS) is 15.6. The van der Waals surface area contributed by atoms with Crippen LogP contribution >= 0.6 is 0 Å². The first-order valence-corrected chi connectivity index (χ1v) is 11.5. The van der Waals surface area contributed by atoms with E-state index in [9.17, 15) is 10.2 Å². The van der Waals surface area contributed by atoms with Crippen molar-refractivity contribution in [2.45, 2.75) is 118 Å². The Kier molecular flexibility index (Phi) is 9.37. The van der Waals surface area contributed by atoms with Crippen LogP contribution in [0.2, 0.25) is 0 Å². The molecule has 0 fully saturated rings. The van der Waals surface area contributed by atoms with E-state index in [1.54, 1.807) is 0 Å². The lowest BCUT2D eigenvalue weighted by molar-refractivity contribution is 0.352. The van der Waals surface area contributed by atoms with Crippen molar-refractivity contribution < 1.29 is 10.2 Å². The molecule has 0 aliphatic heterocycles. The van der Waals surface area contributed by atoms with Crippen LogP contribution in [0.25, 0.3) is 0 Å². The highest BCUT2D eigenvalue weighted by atomic mass is 16.3. The van der Waals surface area contributed by atoms with E-state index in [4.69, 9.17) is 0 Å². The average Bonchev–Trinajstić information content (AvgIpc) is 2.62. The Hall–Kier alpha value is -1.18. The van der Waals surface area contributed by atoms with E-state index in [1.165, 1.54) is 19.3 Å². The van der Waals surface area contributed by atoms with Gasteiger partial charge < -0.3 is 10.2 Å². The molecule has 0 aliphatic rings. The van der Waals surface area contributed by atoms with E-state index >= 15 is 0 Å². The highest BCUT2D eigenvalue weighted by Crippen LogP contribution is 2.45. The summed E-state index contributed by atoms with van der Waals surface area (Å²) in [5, 5.41) is 21.8. The Morgan fingerprint density at radius 3 is 1.89 bits per heavy atom. The Labute approximate surface area is 174 Å². The maximum Gasteiger partial charge on any atom is 0.119 e. The molecule has 0 spiro atoms. The standard InChI is InChI=1S/C26H46O2/c1-9-20(5)14-12-15-25(6,7)21-17-24(28)22(18-23(21)27)26(8,10-2)16-11-13-19(3)4/h17-20,27-28H,9-16H2,1-8H3. The first-order valence-electron chi connectivity index (χ1n) is 11.5. The number of phenolic OH excluding ortho intramolecular Hbond substituents is 2. The molecule has 162 valence electrons. The Balaban J connectivity index is 3.04. The summed E-state index contributed by atoms with van der Waals surface area (Å²) in [5.41, 5.74) is 1.53. The lowest BCUT2D eigenvalue weighted by Gasteiger charge is -2.33. The van der Waals surface area contributed by atoms with E-state index in [-0.39, 0.29) is 10.8 Å². The molecule has 28 heavy (non-hydrogen) atoms. The Bertz CT molecular complexity index is 603. The van der Waals surface area contributed by atoms with Crippen molar-refractivity contribution >= 4 is 0 Å². The molecular weight excluding hydrogens is 344 g/mol. The second-order valence-electron chi connectivity index (χ2n) is 10.4. The molecule has 0 amide bonds. The van der Waals surface area contributed by atoms with Gasteiger partial charge in [0.1, 0.15) is 11.5 Å². The molecule has 0 saturated carbocycles. The van der Waals surface area contributed by atoms with Crippen molar-refractivity contribution in [2.75, 3.05) is 0 Å². The molecule has 1 rings (SSSR count). The van der Waals surface area contributed by atoms with Gasteiger partial charge in [-0.2, -0.15) is 0 Å². The zero-order valence-corrected chi connectivity index (χ0v) is 19.9. The molecule has 1 aromatic carbocycles. The maximum atomic E-state index is 10.9. The summed E-state index contributed by atoms with van der Waals surface area (Å²) >= 11 is 0. The maximum absolute atomic E-state index is 10.9. The predicted octanol–water partition coefficient (Wildman–Crippen LogP) is 8.09. The van der Waals surface area contributed by atoms with E-state index < -0.39 is 0 Å². The van der Waals surface area contributed by atoms with Crippen LogP contribution < -0.4 is 0 Å². The first-order chi connectivity index (χ1) is 13.0. The van der Waals surface area contributed by atoms with Crippen molar-refractivity contribution in [3.63, 3.8) is 0 Å². The van der Waals surface area contributed by atoms with Gasteiger partial charge in [0.2, 0.25) is 0 Å². The molecule has 2 atom stereocenters. The number of benzene rings is 1. The van der Waals surface area contributed by atoms with Gasteiger partial charge in [0.15, 0.2) is 0 Å². The molecule has 0 aromatic heterocycles. The van der Waals surface area contributed by atoms with Crippen LogP contribution in [0.4, 0.5) is 0 Å². The van der Waals surface area contributed by atoms with E-state index in [1.807, 2.05) is 12.1 Å². The minimum absolute atomic E-state index is 0.102. The molecule has 0 aliphatic carbocycles. The van der Waals surface area contributed by atoms with E-state index in [0.717, 1.165) is 49.1 Å². The SMILES string of the molecule is CCC(C)CCCC(C)(C)c1cc(O)c(C(C)(CC)CCCC(C)C)cc1O. The van der Waals surface area contributed by atoms with Crippen molar-refractivity contribution in [1.82, 2.24) is 0 Å². The summed E-state index contributed by atoms with van der Waals surface area (Å²) in [4.78, 5) is 0. The number of hydrogen-bond acceptors (Lipinski definition) is 2. The summed E-state index contributed by atoms with van der Waals surface area (Å²) in [6, 6.07) is 3.68. The van der Waals surface area contributed by atoms with Gasteiger partial charge in [-0.05, 0) is 54.1 Å². The smallest absolute Gasteiger partial charge is 0.119 e. The van der Waals surface area contributed by atoms with Crippen LogP contribution in [0.1, 0.15) is 118 Å². The van der Waals surface area contributed by atoms with Crippen molar-refractivity contribution in [3.8, 4) is 11.5 Å². The number of rotatable bonds is 12. The summed E-state index contributed by atoms with van der Waals surface area (Å²) in [6.45, 7) is 17.8. The number of phenols is 2. The van der Waals surface area contributed by atoms with Gasteiger partial charge in [-0.3, -0.25) is 0 Å². The molecule has 0 bridgehead atoms. The van der Waals surface area contributed by atoms with Crippen LogP contribution in [0.15, 0.2) is 12.1 Å². The fourth-order valence-corrected chi connectivity index (χ4v) is 4.24. The van der Waals surface area contributed by atoms with Crippen molar-refractivity contribution in [1.29, 1.82) is 0 Å². The van der Waals surface area contributed by atoms with Crippen LogP contribution in [-0.2, 0) is 10.8 Å². The number of hydrogen-bond donors (Lipinski definition) is 2. The highest BCUT2D eigenvalue weighted by Gasteiger charge is 2.31. The molecule has 2 unspecified atom stereocenters. The van der Waals surface area contributed by atoms with E-state index in [0.29, 0.717) is 17.4 Å². The lowest BCUT2D eigenvalue weighted by atomic mass is 9.73. The third-order valence-electron chi connectivity index (χ3n) is 6.98. The summed E-state index contributed by atoms with van der Waals surface area (Å²) < 4.78 is 0. The Morgan fingerprint density at radius 2 is 1.36 bits per heavy atom. The van der Waals surface area contributed by atoms with Gasteiger partial charge in [0.05, 0.1) is 0 Å². The highest BCUT2D eigenvalue weighted by molar-refractivity contribution is 5.51. The van der Waals surface area contributed by atoms with Gasteiger partial charge in [0.25, 0.3) is 0 Å². The fourth-order valence-electron chi connectivity index (χ4n) is 4.24. The van der Waals surface area contributed by atoms with Crippen LogP contribution in [0, 0.1) is 11.8 Å². The van der Waals surface area contributed by atoms with Crippen LogP contribution in [0.3, 0.4) is 0 Å². The zero-order valence-electron chi connectivity index (χ0n) is 19.9. The molecule has 1 aromatic rings. The molecule has 2 nitrogen and oxygen atoms in total. The molecule has 0 radical (unpaired) electrons. The minimum Gasteiger partial charge on any atom is -0.508 e. The quantitative estimate of drug-likeness (QED) is 0.354. The monoisotopic (exact) mass is 390 g/mol. The van der Waals surface area contributed by atoms with Gasteiger partial charge in [0, 0.05) is 11.1 Å². The third kappa shape index (κ3) is 6.71. The average molecular weight is 391 g/mol. The molecule has 2 heteroatoms. The molecule has 0 heterocycles. The van der Waals surface area contributed by atoms with Gasteiger partial charge in [-0.15, -0.1) is 0 Å². The third-order valence-corrected chi connectivity index (χ3v) is 6.98. The summed E-state index contributed by atoms with van der Waals surface area (Å²) in [6.07, 6.45) is 8.92. The second kappa shape index (κ2) is 10.6. The van der Waals surface area contributed by atoms with Crippen LogP contribution in [0.5, 0.6) is 11.5 Å². The van der Waals surface area contributed by atoms with Crippen LogP contribution in [-0.4, -0.2) is 10.2 Å². The van der Waals surface area contributed by atoms with Gasteiger partial charge in [-0.25, -0.2) is 0 Å². The summed E-state index contributed by atoms with van der Waals surface area (Å²) in [7, 11) is 0. The minimum atomic E-state index is -0.145. The largest absolute Gasteiger partial charge is 0.508 e. The Morgan fingerprint density at radius 1 is 0.821 bits per heavy atom. The zero-order chi connectivity index (χ0) is 21.5. The topological polar surface area (TPSA) is 40.5 Å². The number of aromatic hydroxyl groups is 2. The molecule has 0 saturated heterocycles. The van der Waals surface area contributed by atoms with Crippen molar-refractivity contribution in [3.05, 3.63) is 23.3 Å². The van der Waals surface area contributed by atoms with E-state index in [2.05, 4.69) is 55.4 Å². The molecular formula is C26H46O2. The second-order valence-corrected chi connectivity index (χ2v) is 10.4. The van der Waals surface area contributed by atoms with Gasteiger partial charge in [-0.1, -0.05) is 87.5 Å². The summed E-state index contributed by atoms with van der Waals surface area (Å²) in [5.74, 6) is 2.12. The first kappa shape index (κ1) is 24.9. The van der Waals surface area contributed by atoms with Gasteiger partial charge >= 0.3 is 0 Å². The predicted molar refractivity (Wildman–Crippen MR) is 122 cm³/mol. The lowest BCUT2D eigenvalue weighted by Crippen LogP contribution is -2.23.